The molecule has 0 spiro atoms. The molecule has 0 aliphatic carbocycles. The number of nitro groups is 1. The van der Waals surface area contributed by atoms with Gasteiger partial charge < -0.3 is 14.6 Å². The van der Waals surface area contributed by atoms with Gasteiger partial charge in [-0.1, -0.05) is 0 Å². The second kappa shape index (κ2) is 5.63. The standard InChI is InChI=1S/C10H8F3NO6/c1-19-7-3-8(20-4-9(15)16)6(14(17)18)2-5(7)10(11,12)13/h2-3H,4H2,1H3,(H,15,16). The number of carboxylic acid groups (broad SMARTS) is 1. The van der Waals surface area contributed by atoms with Crippen molar-refractivity contribution in [2.24, 2.45) is 0 Å². The Morgan fingerprint density at radius 3 is 2.40 bits per heavy atom. The molecule has 20 heavy (non-hydrogen) atoms. The van der Waals surface area contributed by atoms with Crippen LogP contribution in [0.15, 0.2) is 12.1 Å². The number of nitro benzene ring substituents is 1. The number of hydrogen-bond donors (Lipinski definition) is 1. The fraction of sp³-hybridized carbons (Fsp3) is 0.300. The molecule has 1 aromatic rings. The number of alkyl halides is 3. The summed E-state index contributed by atoms with van der Waals surface area (Å²) >= 11 is 0. The van der Waals surface area contributed by atoms with E-state index in [-0.39, 0.29) is 6.07 Å². The van der Waals surface area contributed by atoms with E-state index in [0.29, 0.717) is 6.07 Å². The molecular weight excluding hydrogens is 287 g/mol. The van der Waals surface area contributed by atoms with Crippen LogP contribution in [0.2, 0.25) is 0 Å². The number of aliphatic carboxylic acids is 1. The van der Waals surface area contributed by atoms with Gasteiger partial charge in [-0.3, -0.25) is 10.1 Å². The van der Waals surface area contributed by atoms with Crippen molar-refractivity contribution in [3.05, 3.63) is 27.8 Å². The average Bonchev–Trinajstić information content (AvgIpc) is 2.33. The lowest BCUT2D eigenvalue weighted by atomic mass is 10.1. The van der Waals surface area contributed by atoms with Crippen LogP contribution in [-0.4, -0.2) is 29.7 Å². The Kier molecular flexibility index (Phi) is 4.38. The molecule has 0 unspecified atom stereocenters. The molecule has 0 fully saturated rings. The highest BCUT2D eigenvalue weighted by Gasteiger charge is 2.37. The van der Waals surface area contributed by atoms with Gasteiger partial charge in [-0.05, 0) is 0 Å². The first-order valence-corrected chi connectivity index (χ1v) is 4.95. The Labute approximate surface area is 109 Å². The summed E-state index contributed by atoms with van der Waals surface area (Å²) in [7, 11) is 0.942. The molecule has 0 heterocycles. The van der Waals surface area contributed by atoms with Crippen LogP contribution in [0.1, 0.15) is 5.56 Å². The largest absolute Gasteiger partial charge is 0.496 e. The van der Waals surface area contributed by atoms with E-state index in [0.717, 1.165) is 7.11 Å². The highest BCUT2D eigenvalue weighted by Crippen LogP contribution is 2.42. The van der Waals surface area contributed by atoms with Gasteiger partial charge in [0.1, 0.15) is 11.3 Å². The van der Waals surface area contributed by atoms with E-state index in [4.69, 9.17) is 5.11 Å². The smallest absolute Gasteiger partial charge is 0.420 e. The summed E-state index contributed by atoms with van der Waals surface area (Å²) in [5.41, 5.74) is -2.35. The average molecular weight is 295 g/mol. The first-order chi connectivity index (χ1) is 9.16. The van der Waals surface area contributed by atoms with Gasteiger partial charge >= 0.3 is 17.8 Å². The summed E-state index contributed by atoms with van der Waals surface area (Å²) in [5.74, 6) is -2.76. The van der Waals surface area contributed by atoms with Crippen molar-refractivity contribution in [1.82, 2.24) is 0 Å². The van der Waals surface area contributed by atoms with Crippen LogP contribution in [-0.2, 0) is 11.0 Å². The van der Waals surface area contributed by atoms with Crippen molar-refractivity contribution in [1.29, 1.82) is 0 Å². The number of nitrogens with zero attached hydrogens (tertiary/aromatic N) is 1. The third-order valence-corrected chi connectivity index (χ3v) is 2.13. The highest BCUT2D eigenvalue weighted by molar-refractivity contribution is 5.69. The van der Waals surface area contributed by atoms with E-state index in [9.17, 15) is 28.1 Å². The van der Waals surface area contributed by atoms with Gasteiger partial charge in [0.05, 0.1) is 12.0 Å². The van der Waals surface area contributed by atoms with Crippen LogP contribution in [0.25, 0.3) is 0 Å². The SMILES string of the molecule is COc1cc(OCC(=O)O)c([N+](=O)[O-])cc1C(F)(F)F. The second-order valence-electron chi connectivity index (χ2n) is 3.46. The minimum atomic E-state index is -4.86. The first-order valence-electron chi connectivity index (χ1n) is 4.95. The molecule has 10 heteroatoms. The molecule has 0 atom stereocenters. The summed E-state index contributed by atoms with van der Waals surface area (Å²) < 4.78 is 47.1. The maximum Gasteiger partial charge on any atom is 0.420 e. The topological polar surface area (TPSA) is 98.9 Å². The molecule has 1 aromatic carbocycles. The summed E-state index contributed by atoms with van der Waals surface area (Å²) in [4.78, 5) is 19.9. The van der Waals surface area contributed by atoms with Crippen molar-refractivity contribution in [2.45, 2.75) is 6.18 Å². The summed E-state index contributed by atoms with van der Waals surface area (Å²) in [6.45, 7) is -0.935. The van der Waals surface area contributed by atoms with E-state index in [1.54, 1.807) is 0 Å². The number of hydrogen-bond acceptors (Lipinski definition) is 5. The first kappa shape index (κ1) is 15.5. The number of methoxy groups -OCH3 is 1. The summed E-state index contributed by atoms with van der Waals surface area (Å²) in [5, 5.41) is 19.1. The van der Waals surface area contributed by atoms with Crippen LogP contribution in [0.5, 0.6) is 11.5 Å². The lowest BCUT2D eigenvalue weighted by molar-refractivity contribution is -0.386. The highest BCUT2D eigenvalue weighted by atomic mass is 19.4. The Bertz CT molecular complexity index is 543. The van der Waals surface area contributed by atoms with Gasteiger partial charge in [-0.15, -0.1) is 0 Å². The van der Waals surface area contributed by atoms with Gasteiger partial charge in [0.2, 0.25) is 5.75 Å². The molecule has 0 aromatic heterocycles. The molecule has 7 nitrogen and oxygen atoms in total. The molecule has 0 radical (unpaired) electrons. The zero-order chi connectivity index (χ0) is 15.5. The fourth-order valence-corrected chi connectivity index (χ4v) is 1.34. The summed E-state index contributed by atoms with van der Waals surface area (Å²) in [6, 6.07) is 0.861. The molecular formula is C10H8F3NO6. The zero-order valence-electron chi connectivity index (χ0n) is 9.93. The Hall–Kier alpha value is -2.52. The maximum atomic E-state index is 12.7. The van der Waals surface area contributed by atoms with Gasteiger partial charge in [0.25, 0.3) is 0 Å². The van der Waals surface area contributed by atoms with Gasteiger partial charge in [-0.2, -0.15) is 13.2 Å². The lowest BCUT2D eigenvalue weighted by Gasteiger charge is -2.13. The molecule has 0 saturated heterocycles. The second-order valence-corrected chi connectivity index (χ2v) is 3.46. The van der Waals surface area contributed by atoms with Crippen molar-refractivity contribution in [2.75, 3.05) is 13.7 Å². The number of ether oxygens (including phenoxy) is 2. The van der Waals surface area contributed by atoms with Crippen LogP contribution < -0.4 is 9.47 Å². The molecule has 0 aliphatic heterocycles. The molecule has 1 rings (SSSR count). The van der Waals surface area contributed by atoms with E-state index < -0.39 is 46.4 Å². The zero-order valence-corrected chi connectivity index (χ0v) is 9.93. The predicted molar refractivity (Wildman–Crippen MR) is 57.8 cm³/mol. The molecule has 0 saturated carbocycles. The minimum absolute atomic E-state index is 0.232. The van der Waals surface area contributed by atoms with E-state index in [1.165, 1.54) is 0 Å². The third-order valence-electron chi connectivity index (χ3n) is 2.13. The third kappa shape index (κ3) is 3.49. The van der Waals surface area contributed by atoms with Crippen molar-refractivity contribution in [3.63, 3.8) is 0 Å². The van der Waals surface area contributed by atoms with Crippen LogP contribution in [0.4, 0.5) is 18.9 Å². The molecule has 0 bridgehead atoms. The minimum Gasteiger partial charge on any atom is -0.496 e. The van der Waals surface area contributed by atoms with Gasteiger partial charge in [-0.25, -0.2) is 4.79 Å². The number of carbonyl (C=O) groups is 1. The monoisotopic (exact) mass is 295 g/mol. The Morgan fingerprint density at radius 1 is 1.40 bits per heavy atom. The normalized spacial score (nSPS) is 11.0. The van der Waals surface area contributed by atoms with Crippen LogP contribution in [0, 0.1) is 10.1 Å². The molecule has 0 aliphatic rings. The van der Waals surface area contributed by atoms with E-state index in [1.807, 2.05) is 0 Å². The molecule has 0 amide bonds. The lowest BCUT2D eigenvalue weighted by Crippen LogP contribution is -2.12. The summed E-state index contributed by atoms with van der Waals surface area (Å²) in [6.07, 6.45) is -4.86. The molecule has 1 N–H and O–H groups in total. The van der Waals surface area contributed by atoms with Gasteiger partial charge in [0.15, 0.2) is 6.61 Å². The van der Waals surface area contributed by atoms with E-state index in [2.05, 4.69) is 9.47 Å². The van der Waals surface area contributed by atoms with E-state index >= 15 is 0 Å². The maximum absolute atomic E-state index is 12.7. The predicted octanol–water partition coefficient (Wildman–Crippen LogP) is 2.09. The fourth-order valence-electron chi connectivity index (χ4n) is 1.34. The van der Waals surface area contributed by atoms with Crippen molar-refractivity contribution < 1.29 is 37.5 Å². The quantitative estimate of drug-likeness (QED) is 0.659. The van der Waals surface area contributed by atoms with Crippen molar-refractivity contribution in [3.8, 4) is 11.5 Å². The molecule has 110 valence electrons. The number of rotatable bonds is 5. The number of carboxylic acids is 1. The number of benzene rings is 1. The number of halogens is 3. The van der Waals surface area contributed by atoms with Crippen LogP contribution in [0.3, 0.4) is 0 Å². The van der Waals surface area contributed by atoms with Crippen molar-refractivity contribution >= 4 is 11.7 Å². The van der Waals surface area contributed by atoms with Crippen LogP contribution >= 0.6 is 0 Å². The van der Waals surface area contributed by atoms with Gasteiger partial charge in [0, 0.05) is 12.1 Å². The Morgan fingerprint density at radius 2 is 2.00 bits per heavy atom. The Balaban J connectivity index is 3.37.